The molecule has 0 radical (unpaired) electrons. The quantitative estimate of drug-likeness (QED) is 0.613. The normalized spacial score (nSPS) is 16.9. The Morgan fingerprint density at radius 3 is 2.55 bits per heavy atom. The predicted octanol–water partition coefficient (Wildman–Crippen LogP) is 1.89. The minimum atomic E-state index is -0.112. The van der Waals surface area contributed by atoms with Crippen LogP contribution in [0.1, 0.15) is 29.6 Å². The molecule has 1 aromatic rings. The van der Waals surface area contributed by atoms with Gasteiger partial charge in [0.1, 0.15) is 0 Å². The molecule has 4 nitrogen and oxygen atoms in total. The molecule has 2 amide bonds. The van der Waals surface area contributed by atoms with E-state index in [1.165, 1.54) is 0 Å². The first-order chi connectivity index (χ1) is 9.75. The molecular formula is C16H20N2O2. The fourth-order valence-electron chi connectivity index (χ4n) is 2.25. The lowest BCUT2D eigenvalue weighted by atomic mass is 10.1. The van der Waals surface area contributed by atoms with Crippen molar-refractivity contribution >= 4 is 11.8 Å². The summed E-state index contributed by atoms with van der Waals surface area (Å²) in [5.74, 6) is 0.322. The molecule has 0 bridgehead atoms. The highest BCUT2D eigenvalue weighted by Crippen LogP contribution is 2.19. The highest BCUT2D eigenvalue weighted by Gasteiger charge is 2.13. The van der Waals surface area contributed by atoms with Crippen molar-refractivity contribution in [2.45, 2.75) is 19.3 Å². The molecule has 0 spiro atoms. The van der Waals surface area contributed by atoms with Crippen LogP contribution < -0.4 is 10.6 Å². The van der Waals surface area contributed by atoms with Crippen LogP contribution >= 0.6 is 0 Å². The fraction of sp³-hybridized carbons (Fsp3) is 0.375. The van der Waals surface area contributed by atoms with Crippen LogP contribution in [0.3, 0.4) is 0 Å². The molecule has 0 saturated carbocycles. The predicted molar refractivity (Wildman–Crippen MR) is 78.3 cm³/mol. The fourth-order valence-corrected chi connectivity index (χ4v) is 2.25. The zero-order chi connectivity index (χ0) is 14.2. The molecule has 0 saturated heterocycles. The van der Waals surface area contributed by atoms with Gasteiger partial charge in [-0.1, -0.05) is 30.4 Å². The number of amides is 2. The summed E-state index contributed by atoms with van der Waals surface area (Å²) in [6.07, 6.45) is 6.92. The SMILES string of the molecule is O=C(CC1C=CCC1)NCCNC(=O)c1ccccc1. The molecule has 2 N–H and O–H groups in total. The van der Waals surface area contributed by atoms with Crippen molar-refractivity contribution in [2.75, 3.05) is 13.1 Å². The maximum absolute atomic E-state index is 11.7. The highest BCUT2D eigenvalue weighted by molar-refractivity contribution is 5.94. The van der Waals surface area contributed by atoms with E-state index in [0.717, 1.165) is 12.8 Å². The smallest absolute Gasteiger partial charge is 0.251 e. The number of carbonyl (C=O) groups is 2. The van der Waals surface area contributed by atoms with E-state index < -0.39 is 0 Å². The van der Waals surface area contributed by atoms with E-state index in [4.69, 9.17) is 0 Å². The number of hydrogen-bond acceptors (Lipinski definition) is 2. The number of carbonyl (C=O) groups excluding carboxylic acids is 2. The first kappa shape index (κ1) is 14.3. The molecule has 0 fully saturated rings. The number of rotatable bonds is 6. The second-order valence-corrected chi connectivity index (χ2v) is 4.94. The lowest BCUT2D eigenvalue weighted by molar-refractivity contribution is -0.121. The average molecular weight is 272 g/mol. The van der Waals surface area contributed by atoms with Crippen LogP contribution in [0.25, 0.3) is 0 Å². The van der Waals surface area contributed by atoms with Crippen LogP contribution in [0.2, 0.25) is 0 Å². The maximum Gasteiger partial charge on any atom is 0.251 e. The van der Waals surface area contributed by atoms with Crippen LogP contribution in [0.5, 0.6) is 0 Å². The lowest BCUT2D eigenvalue weighted by Crippen LogP contribution is -2.35. The van der Waals surface area contributed by atoms with Gasteiger partial charge in [-0.05, 0) is 30.9 Å². The highest BCUT2D eigenvalue weighted by atomic mass is 16.2. The van der Waals surface area contributed by atoms with Gasteiger partial charge >= 0.3 is 0 Å². The number of nitrogens with one attached hydrogen (secondary N) is 2. The van der Waals surface area contributed by atoms with Gasteiger partial charge in [-0.25, -0.2) is 0 Å². The third kappa shape index (κ3) is 4.53. The third-order valence-electron chi connectivity index (χ3n) is 3.33. The molecule has 1 aliphatic carbocycles. The van der Waals surface area contributed by atoms with E-state index in [0.29, 0.717) is 31.0 Å². The van der Waals surface area contributed by atoms with Gasteiger partial charge in [0.25, 0.3) is 5.91 Å². The molecule has 106 valence electrons. The Labute approximate surface area is 119 Å². The summed E-state index contributed by atoms with van der Waals surface area (Å²) in [4.78, 5) is 23.4. The van der Waals surface area contributed by atoms with Crippen molar-refractivity contribution in [1.29, 1.82) is 0 Å². The first-order valence-corrected chi connectivity index (χ1v) is 7.02. The van der Waals surface area contributed by atoms with E-state index in [1.807, 2.05) is 18.2 Å². The van der Waals surface area contributed by atoms with Crippen molar-refractivity contribution in [3.8, 4) is 0 Å². The Morgan fingerprint density at radius 1 is 1.10 bits per heavy atom. The Balaban J connectivity index is 1.60. The Kier molecular flexibility index (Phi) is 5.35. The van der Waals surface area contributed by atoms with Crippen LogP contribution in [-0.2, 0) is 4.79 Å². The van der Waals surface area contributed by atoms with Crippen LogP contribution in [-0.4, -0.2) is 24.9 Å². The van der Waals surface area contributed by atoms with E-state index in [1.54, 1.807) is 12.1 Å². The third-order valence-corrected chi connectivity index (χ3v) is 3.33. The lowest BCUT2D eigenvalue weighted by Gasteiger charge is -2.09. The Morgan fingerprint density at radius 2 is 1.85 bits per heavy atom. The number of benzene rings is 1. The second kappa shape index (κ2) is 7.48. The number of allylic oxidation sites excluding steroid dienone is 2. The molecule has 0 aliphatic heterocycles. The summed E-state index contributed by atoms with van der Waals surface area (Å²) < 4.78 is 0. The summed E-state index contributed by atoms with van der Waals surface area (Å²) in [6.45, 7) is 0.911. The van der Waals surface area contributed by atoms with Crippen LogP contribution in [0.15, 0.2) is 42.5 Å². The molecule has 4 heteroatoms. The van der Waals surface area contributed by atoms with E-state index in [2.05, 4.69) is 22.8 Å². The minimum absolute atomic E-state index is 0.0514. The molecule has 1 aliphatic rings. The summed E-state index contributed by atoms with van der Waals surface area (Å²) in [5.41, 5.74) is 0.634. The van der Waals surface area contributed by atoms with Gasteiger partial charge in [-0.3, -0.25) is 9.59 Å². The van der Waals surface area contributed by atoms with Gasteiger partial charge < -0.3 is 10.6 Å². The topological polar surface area (TPSA) is 58.2 Å². The number of hydrogen-bond donors (Lipinski definition) is 2. The zero-order valence-corrected chi connectivity index (χ0v) is 11.5. The largest absolute Gasteiger partial charge is 0.354 e. The van der Waals surface area contributed by atoms with E-state index in [-0.39, 0.29) is 11.8 Å². The molecule has 2 rings (SSSR count). The van der Waals surface area contributed by atoms with E-state index >= 15 is 0 Å². The van der Waals surface area contributed by atoms with Gasteiger partial charge in [0.15, 0.2) is 0 Å². The van der Waals surface area contributed by atoms with Crippen molar-refractivity contribution in [3.05, 3.63) is 48.0 Å². The van der Waals surface area contributed by atoms with Gasteiger partial charge in [-0.15, -0.1) is 0 Å². The summed E-state index contributed by atoms with van der Waals surface area (Å²) >= 11 is 0. The molecule has 1 atom stereocenters. The first-order valence-electron chi connectivity index (χ1n) is 7.02. The molecule has 1 aromatic carbocycles. The van der Waals surface area contributed by atoms with E-state index in [9.17, 15) is 9.59 Å². The van der Waals surface area contributed by atoms with Gasteiger partial charge in [-0.2, -0.15) is 0 Å². The van der Waals surface area contributed by atoms with Gasteiger partial charge in [0.05, 0.1) is 0 Å². The monoisotopic (exact) mass is 272 g/mol. The van der Waals surface area contributed by atoms with Crippen molar-refractivity contribution in [2.24, 2.45) is 5.92 Å². The van der Waals surface area contributed by atoms with Crippen LogP contribution in [0, 0.1) is 5.92 Å². The average Bonchev–Trinajstić information content (AvgIpc) is 2.97. The second-order valence-electron chi connectivity index (χ2n) is 4.94. The summed E-state index contributed by atoms with van der Waals surface area (Å²) in [7, 11) is 0. The van der Waals surface area contributed by atoms with Crippen molar-refractivity contribution in [3.63, 3.8) is 0 Å². The van der Waals surface area contributed by atoms with Gasteiger partial charge in [0.2, 0.25) is 5.91 Å². The summed E-state index contributed by atoms with van der Waals surface area (Å²) in [5, 5.41) is 5.61. The molecule has 0 heterocycles. The standard InChI is InChI=1S/C16H20N2O2/c19-15(12-13-6-4-5-7-13)17-10-11-18-16(20)14-8-2-1-3-9-14/h1-4,6,8-9,13H,5,7,10-12H2,(H,17,19)(H,18,20). The molecule has 1 unspecified atom stereocenters. The minimum Gasteiger partial charge on any atom is -0.354 e. The zero-order valence-electron chi connectivity index (χ0n) is 11.5. The molecular weight excluding hydrogens is 252 g/mol. The van der Waals surface area contributed by atoms with Crippen molar-refractivity contribution in [1.82, 2.24) is 10.6 Å². The molecule has 20 heavy (non-hydrogen) atoms. The summed E-state index contributed by atoms with van der Waals surface area (Å²) in [6, 6.07) is 9.05. The maximum atomic E-state index is 11.7. The van der Waals surface area contributed by atoms with Crippen LogP contribution in [0.4, 0.5) is 0 Å². The Hall–Kier alpha value is -2.10. The van der Waals surface area contributed by atoms with Crippen molar-refractivity contribution < 1.29 is 9.59 Å². The molecule has 0 aromatic heterocycles. The Bertz CT molecular complexity index is 483. The van der Waals surface area contributed by atoms with Gasteiger partial charge in [0, 0.05) is 25.1 Å².